The van der Waals surface area contributed by atoms with E-state index < -0.39 is 40.7 Å². The molecule has 0 bridgehead atoms. The summed E-state index contributed by atoms with van der Waals surface area (Å²) in [6.45, 7) is 0. The van der Waals surface area contributed by atoms with Crippen LogP contribution in [0.5, 0.6) is 0 Å². The first kappa shape index (κ1) is 22.3. The number of nitrogens with zero attached hydrogens (tertiary/aromatic N) is 4. The Labute approximate surface area is 161 Å². The second-order valence-electron chi connectivity index (χ2n) is 5.42. The number of anilines is 1. The Balaban J connectivity index is 2.18. The summed E-state index contributed by atoms with van der Waals surface area (Å²) in [7, 11) is 1.55. The van der Waals surface area contributed by atoms with Crippen LogP contribution in [0.3, 0.4) is 0 Å². The Morgan fingerprint density at radius 3 is 2.28 bits per heavy atom. The second kappa shape index (κ2) is 7.46. The summed E-state index contributed by atoms with van der Waals surface area (Å²) in [5.41, 5.74) is 2.04. The van der Waals surface area contributed by atoms with Crippen LogP contribution < -0.4 is 15.4 Å². The van der Waals surface area contributed by atoms with Gasteiger partial charge in [-0.1, -0.05) is 11.6 Å². The van der Waals surface area contributed by atoms with Crippen LogP contribution in [0.25, 0.3) is 0 Å². The lowest BCUT2D eigenvalue weighted by Gasteiger charge is -2.26. The van der Waals surface area contributed by atoms with E-state index in [1.165, 1.54) is 17.3 Å². The van der Waals surface area contributed by atoms with Crippen LogP contribution >= 0.6 is 11.6 Å². The van der Waals surface area contributed by atoms with Crippen molar-refractivity contribution in [3.05, 3.63) is 35.5 Å². The average molecular weight is 450 g/mol. The minimum absolute atomic E-state index is 0.253. The zero-order valence-corrected chi connectivity index (χ0v) is 14.7. The number of hydrogen-bond donors (Lipinski definition) is 2. The monoisotopic (exact) mass is 449 g/mol. The van der Waals surface area contributed by atoms with Crippen LogP contribution in [-0.4, -0.2) is 44.6 Å². The molecule has 2 aromatic rings. The van der Waals surface area contributed by atoms with Crippen LogP contribution in [0.4, 0.5) is 36.6 Å². The molecule has 0 spiro atoms. The molecule has 0 aromatic carbocycles. The topological polar surface area (TPSA) is 92.8 Å². The number of amides is 2. The lowest BCUT2D eigenvalue weighted by atomic mass is 10.1. The van der Waals surface area contributed by atoms with Gasteiger partial charge in [-0.3, -0.25) is 9.59 Å². The minimum atomic E-state index is -6.68. The highest BCUT2D eigenvalue weighted by Crippen LogP contribution is 2.47. The van der Waals surface area contributed by atoms with Crippen LogP contribution in [0.1, 0.15) is 10.4 Å². The number of carbonyl (C=O) groups is 2. The first-order valence-electron chi connectivity index (χ1n) is 7.17. The smallest absolute Gasteiger partial charge is 0.304 e. The van der Waals surface area contributed by atoms with E-state index in [-0.39, 0.29) is 5.56 Å². The summed E-state index contributed by atoms with van der Waals surface area (Å²) in [6, 6.07) is 0.816. The summed E-state index contributed by atoms with van der Waals surface area (Å²) >= 11 is 5.64. The van der Waals surface area contributed by atoms with Crippen molar-refractivity contribution >= 4 is 29.2 Å². The van der Waals surface area contributed by atoms with E-state index in [4.69, 9.17) is 11.6 Å². The molecule has 29 heavy (non-hydrogen) atoms. The van der Waals surface area contributed by atoms with Gasteiger partial charge in [0.15, 0.2) is 5.82 Å². The number of aromatic nitrogens is 4. The summed E-state index contributed by atoms with van der Waals surface area (Å²) < 4.78 is 91.3. The Kier molecular flexibility index (Phi) is 5.74. The van der Waals surface area contributed by atoms with Gasteiger partial charge in [0.05, 0.1) is 17.6 Å². The average Bonchev–Trinajstić information content (AvgIpc) is 3.00. The minimum Gasteiger partial charge on any atom is -0.304 e. The molecule has 0 saturated carbocycles. The molecule has 0 aliphatic rings. The molecule has 2 heterocycles. The summed E-state index contributed by atoms with van der Waals surface area (Å²) in [5, 5.41) is 4.16. The van der Waals surface area contributed by atoms with Crippen molar-refractivity contribution in [1.82, 2.24) is 14.8 Å². The number of alkyl halides is 7. The summed E-state index contributed by atoms with van der Waals surface area (Å²) in [6.07, 6.45) is -3.40. The SMILES string of the molecule is Cn1c[n+](NC(=O)c2cnc(NC(=O)C(F)(F)C(F)(F)C(F)(F)F)c(Cl)c2)cn1. The zero-order valence-electron chi connectivity index (χ0n) is 13.9. The molecular weight excluding hydrogens is 441 g/mol. The molecular formula is C13H9ClF7N6O2+. The quantitative estimate of drug-likeness (QED) is 0.539. The third-order valence-corrected chi connectivity index (χ3v) is 3.54. The van der Waals surface area contributed by atoms with Gasteiger partial charge in [0.1, 0.15) is 0 Å². The third kappa shape index (κ3) is 4.38. The Hall–Kier alpha value is -2.97. The molecule has 0 fully saturated rings. The largest absolute Gasteiger partial charge is 0.460 e. The highest BCUT2D eigenvalue weighted by atomic mass is 35.5. The van der Waals surface area contributed by atoms with E-state index in [9.17, 15) is 40.3 Å². The van der Waals surface area contributed by atoms with Crippen molar-refractivity contribution in [3.63, 3.8) is 0 Å². The highest BCUT2D eigenvalue weighted by Gasteiger charge is 2.76. The molecule has 0 aliphatic heterocycles. The highest BCUT2D eigenvalue weighted by molar-refractivity contribution is 6.33. The van der Waals surface area contributed by atoms with Gasteiger partial charge < -0.3 is 5.32 Å². The van der Waals surface area contributed by atoms with Gasteiger partial charge in [-0.2, -0.15) is 30.7 Å². The predicted octanol–water partition coefficient (Wildman–Crippen LogP) is 1.91. The zero-order chi connectivity index (χ0) is 22.2. The fourth-order valence-electron chi connectivity index (χ4n) is 1.78. The van der Waals surface area contributed by atoms with Crippen molar-refractivity contribution in [2.45, 2.75) is 18.0 Å². The van der Waals surface area contributed by atoms with E-state index in [2.05, 4.69) is 15.5 Å². The number of rotatable bonds is 5. The summed E-state index contributed by atoms with van der Waals surface area (Å²) in [4.78, 5) is 26.7. The van der Waals surface area contributed by atoms with Gasteiger partial charge in [-0.05, 0) is 6.07 Å². The van der Waals surface area contributed by atoms with Crippen molar-refractivity contribution in [3.8, 4) is 0 Å². The summed E-state index contributed by atoms with van der Waals surface area (Å²) in [5.74, 6) is -17.6. The number of pyridine rings is 1. The van der Waals surface area contributed by atoms with E-state index >= 15 is 0 Å². The number of aryl methyl sites for hydroxylation is 1. The maximum atomic E-state index is 13.3. The standard InChI is InChI=1S/C13H8ClF7N6O2/c1-26-5-27(4-23-26)25-9(28)6-2-7(14)8(22-3-6)24-10(29)11(15,16)12(17,18)13(19,20)21/h2-5H,1H3,(H-,22,24,25,28,29)/p+1. The molecule has 2 amide bonds. The van der Waals surface area contributed by atoms with Crippen LogP contribution in [-0.2, 0) is 11.8 Å². The van der Waals surface area contributed by atoms with Crippen molar-refractivity contribution < 1.29 is 45.0 Å². The molecule has 2 rings (SSSR count). The predicted molar refractivity (Wildman–Crippen MR) is 80.9 cm³/mol. The van der Waals surface area contributed by atoms with Gasteiger partial charge in [-0.25, -0.2) is 10.4 Å². The molecule has 158 valence electrons. The lowest BCUT2D eigenvalue weighted by Crippen LogP contribution is -2.57. The van der Waals surface area contributed by atoms with Crippen molar-refractivity contribution in [2.75, 3.05) is 10.7 Å². The van der Waals surface area contributed by atoms with E-state index in [1.807, 2.05) is 0 Å². The van der Waals surface area contributed by atoms with Crippen molar-refractivity contribution in [2.24, 2.45) is 7.05 Å². The first-order valence-corrected chi connectivity index (χ1v) is 7.55. The number of hydrogen-bond acceptors (Lipinski definition) is 4. The van der Waals surface area contributed by atoms with Gasteiger partial charge in [0.2, 0.25) is 6.33 Å². The van der Waals surface area contributed by atoms with Crippen LogP contribution in [0.2, 0.25) is 5.02 Å². The van der Waals surface area contributed by atoms with Crippen molar-refractivity contribution in [1.29, 1.82) is 0 Å². The molecule has 0 saturated heterocycles. The van der Waals surface area contributed by atoms with Gasteiger partial charge in [-0.15, -0.1) is 9.36 Å². The third-order valence-electron chi connectivity index (χ3n) is 3.25. The Morgan fingerprint density at radius 2 is 1.79 bits per heavy atom. The molecule has 2 N–H and O–H groups in total. The molecule has 0 atom stereocenters. The molecule has 8 nitrogen and oxygen atoms in total. The molecule has 0 radical (unpaired) electrons. The number of carbonyl (C=O) groups excluding carboxylic acids is 2. The molecule has 16 heteroatoms. The fraction of sp³-hybridized carbons (Fsp3) is 0.308. The van der Waals surface area contributed by atoms with Gasteiger partial charge >= 0.3 is 23.9 Å². The number of halogens is 8. The maximum absolute atomic E-state index is 13.3. The normalized spacial score (nSPS) is 12.6. The Bertz CT molecular complexity index is 946. The van der Waals surface area contributed by atoms with Gasteiger partial charge in [0.25, 0.3) is 12.2 Å². The van der Waals surface area contributed by atoms with E-state index in [1.54, 1.807) is 7.05 Å². The molecule has 0 unspecified atom stereocenters. The molecule has 0 aliphatic carbocycles. The van der Waals surface area contributed by atoms with Crippen LogP contribution in [0, 0.1) is 0 Å². The first-order chi connectivity index (χ1) is 13.2. The second-order valence-corrected chi connectivity index (χ2v) is 5.83. The molecule has 2 aromatic heterocycles. The maximum Gasteiger partial charge on any atom is 0.460 e. The number of nitrogens with one attached hydrogen (secondary N) is 2. The lowest BCUT2D eigenvalue weighted by molar-refractivity contribution is -0.642. The van der Waals surface area contributed by atoms with Crippen LogP contribution in [0.15, 0.2) is 24.9 Å². The Morgan fingerprint density at radius 1 is 1.17 bits per heavy atom. The van der Waals surface area contributed by atoms with Gasteiger partial charge in [0, 0.05) is 11.3 Å². The van der Waals surface area contributed by atoms with E-state index in [0.717, 1.165) is 16.1 Å². The fourth-order valence-corrected chi connectivity index (χ4v) is 1.99. The van der Waals surface area contributed by atoms with E-state index in [0.29, 0.717) is 6.20 Å².